The largest absolute Gasteiger partial charge is 0.312 e. The van der Waals surface area contributed by atoms with E-state index < -0.39 is 0 Å². The molecule has 0 amide bonds. The number of nitrogens with one attached hydrogen (secondary N) is 1. The highest BCUT2D eigenvalue weighted by Gasteiger charge is 2.17. The molecule has 0 saturated heterocycles. The van der Waals surface area contributed by atoms with Gasteiger partial charge in [0.05, 0.1) is 0 Å². The Labute approximate surface area is 119 Å². The summed E-state index contributed by atoms with van der Waals surface area (Å²) < 4.78 is 1.21. The fraction of sp³-hybridized carbons (Fsp3) is 0.600. The van der Waals surface area contributed by atoms with Gasteiger partial charge in [-0.25, -0.2) is 0 Å². The third-order valence-electron chi connectivity index (χ3n) is 3.86. The van der Waals surface area contributed by atoms with Gasteiger partial charge in [0, 0.05) is 23.6 Å². The summed E-state index contributed by atoms with van der Waals surface area (Å²) in [5, 5.41) is 3.69. The van der Waals surface area contributed by atoms with Crippen LogP contribution < -0.4 is 5.32 Å². The lowest BCUT2D eigenvalue weighted by Gasteiger charge is -2.26. The van der Waals surface area contributed by atoms with Crippen molar-refractivity contribution in [2.45, 2.75) is 32.2 Å². The van der Waals surface area contributed by atoms with Crippen molar-refractivity contribution in [3.8, 4) is 0 Å². The van der Waals surface area contributed by atoms with E-state index in [1.807, 2.05) is 0 Å². The smallest absolute Gasteiger partial charge is 0.0178 e. The lowest BCUT2D eigenvalue weighted by atomic mass is 9.88. The van der Waals surface area contributed by atoms with E-state index in [1.54, 1.807) is 0 Å². The SMILES string of the molecule is CCN(C)CCNC1CCc2cc(Br)ccc2C1. The first-order valence-corrected chi connectivity index (χ1v) is 7.67. The Morgan fingerprint density at radius 2 is 2.22 bits per heavy atom. The van der Waals surface area contributed by atoms with Crippen molar-refractivity contribution in [1.29, 1.82) is 0 Å². The Balaban J connectivity index is 1.83. The van der Waals surface area contributed by atoms with E-state index in [0.29, 0.717) is 6.04 Å². The van der Waals surface area contributed by atoms with E-state index in [-0.39, 0.29) is 0 Å². The predicted molar refractivity (Wildman–Crippen MR) is 81.1 cm³/mol. The average molecular weight is 311 g/mol. The summed E-state index contributed by atoms with van der Waals surface area (Å²) in [5.74, 6) is 0. The second kappa shape index (κ2) is 6.69. The first kappa shape index (κ1) is 14.0. The average Bonchev–Trinajstić information content (AvgIpc) is 2.38. The maximum Gasteiger partial charge on any atom is 0.0178 e. The molecule has 0 fully saturated rings. The molecule has 1 aliphatic rings. The molecule has 0 aliphatic heterocycles. The van der Waals surface area contributed by atoms with Gasteiger partial charge in [0.25, 0.3) is 0 Å². The number of benzene rings is 1. The topological polar surface area (TPSA) is 15.3 Å². The van der Waals surface area contributed by atoms with Gasteiger partial charge in [0.1, 0.15) is 0 Å². The molecule has 0 saturated carbocycles. The molecular formula is C15H23BrN2. The van der Waals surface area contributed by atoms with Crippen molar-refractivity contribution in [1.82, 2.24) is 10.2 Å². The molecule has 0 spiro atoms. The maximum absolute atomic E-state index is 3.69. The molecule has 100 valence electrons. The zero-order valence-electron chi connectivity index (χ0n) is 11.4. The summed E-state index contributed by atoms with van der Waals surface area (Å²) in [4.78, 5) is 2.35. The Bertz CT molecular complexity index is 392. The minimum atomic E-state index is 0.656. The molecule has 1 N–H and O–H groups in total. The van der Waals surface area contributed by atoms with E-state index in [9.17, 15) is 0 Å². The molecule has 0 bridgehead atoms. The second-order valence-corrected chi connectivity index (χ2v) is 6.12. The van der Waals surface area contributed by atoms with Gasteiger partial charge in [0.15, 0.2) is 0 Å². The first-order valence-electron chi connectivity index (χ1n) is 6.88. The number of likely N-dealkylation sites (N-methyl/N-ethyl adjacent to an activating group) is 1. The van der Waals surface area contributed by atoms with Crippen LogP contribution >= 0.6 is 15.9 Å². The van der Waals surface area contributed by atoms with E-state index in [0.717, 1.165) is 19.6 Å². The third kappa shape index (κ3) is 3.81. The highest BCUT2D eigenvalue weighted by Crippen LogP contribution is 2.24. The van der Waals surface area contributed by atoms with Crippen molar-refractivity contribution in [2.75, 3.05) is 26.7 Å². The van der Waals surface area contributed by atoms with Crippen molar-refractivity contribution < 1.29 is 0 Å². The highest BCUT2D eigenvalue weighted by molar-refractivity contribution is 9.10. The van der Waals surface area contributed by atoms with E-state index in [1.165, 1.54) is 34.9 Å². The van der Waals surface area contributed by atoms with Crippen LogP contribution in [0.15, 0.2) is 22.7 Å². The third-order valence-corrected chi connectivity index (χ3v) is 4.36. The van der Waals surface area contributed by atoms with Gasteiger partial charge >= 0.3 is 0 Å². The van der Waals surface area contributed by atoms with Crippen LogP contribution in [0, 0.1) is 0 Å². The van der Waals surface area contributed by atoms with Crippen molar-refractivity contribution in [2.24, 2.45) is 0 Å². The van der Waals surface area contributed by atoms with Gasteiger partial charge in [-0.1, -0.05) is 28.9 Å². The van der Waals surface area contributed by atoms with Crippen LogP contribution in [0.2, 0.25) is 0 Å². The summed E-state index contributed by atoms with van der Waals surface area (Å²) in [7, 11) is 2.18. The Kier molecular flexibility index (Phi) is 5.22. The monoisotopic (exact) mass is 310 g/mol. The van der Waals surface area contributed by atoms with Gasteiger partial charge in [-0.2, -0.15) is 0 Å². The molecule has 1 unspecified atom stereocenters. The van der Waals surface area contributed by atoms with Crippen molar-refractivity contribution in [3.63, 3.8) is 0 Å². The summed E-state index contributed by atoms with van der Waals surface area (Å²) in [5.41, 5.74) is 3.04. The van der Waals surface area contributed by atoms with E-state index in [4.69, 9.17) is 0 Å². The molecule has 1 aliphatic carbocycles. The molecule has 0 aromatic heterocycles. The minimum absolute atomic E-state index is 0.656. The molecule has 2 rings (SSSR count). The van der Waals surface area contributed by atoms with Crippen LogP contribution in [0.5, 0.6) is 0 Å². The summed E-state index contributed by atoms with van der Waals surface area (Å²) >= 11 is 3.55. The molecule has 1 atom stereocenters. The van der Waals surface area contributed by atoms with Gasteiger partial charge in [-0.15, -0.1) is 0 Å². The summed E-state index contributed by atoms with van der Waals surface area (Å²) in [6, 6.07) is 7.36. The van der Waals surface area contributed by atoms with Gasteiger partial charge in [-0.3, -0.25) is 0 Å². The number of halogens is 1. The number of rotatable bonds is 5. The Morgan fingerprint density at radius 1 is 1.39 bits per heavy atom. The number of hydrogen-bond donors (Lipinski definition) is 1. The predicted octanol–water partition coefficient (Wildman–Crippen LogP) is 2.85. The summed E-state index contributed by atoms with van der Waals surface area (Å²) in [6.45, 7) is 5.57. The van der Waals surface area contributed by atoms with Crippen LogP contribution in [-0.2, 0) is 12.8 Å². The Hall–Kier alpha value is -0.380. The number of fused-ring (bicyclic) bond motifs is 1. The molecule has 0 radical (unpaired) electrons. The summed E-state index contributed by atoms with van der Waals surface area (Å²) in [6.07, 6.45) is 3.65. The quantitative estimate of drug-likeness (QED) is 0.899. The first-order chi connectivity index (χ1) is 8.69. The number of hydrogen-bond acceptors (Lipinski definition) is 2. The van der Waals surface area contributed by atoms with E-state index in [2.05, 4.69) is 58.3 Å². The molecule has 1 aromatic carbocycles. The molecule has 0 heterocycles. The van der Waals surface area contributed by atoms with Crippen LogP contribution in [0.1, 0.15) is 24.5 Å². The normalized spacial score (nSPS) is 19.0. The lowest BCUT2D eigenvalue weighted by Crippen LogP contribution is -2.39. The second-order valence-electron chi connectivity index (χ2n) is 5.20. The standard InChI is InChI=1S/C15H23BrN2/c1-3-18(2)9-8-17-15-7-5-12-10-14(16)6-4-13(12)11-15/h4,6,10,15,17H,3,5,7-9,11H2,1-2H3. The molecular weight excluding hydrogens is 288 g/mol. The zero-order valence-corrected chi connectivity index (χ0v) is 13.0. The van der Waals surface area contributed by atoms with Crippen molar-refractivity contribution in [3.05, 3.63) is 33.8 Å². The Morgan fingerprint density at radius 3 is 3.00 bits per heavy atom. The fourth-order valence-corrected chi connectivity index (χ4v) is 2.92. The minimum Gasteiger partial charge on any atom is -0.312 e. The van der Waals surface area contributed by atoms with Gasteiger partial charge < -0.3 is 10.2 Å². The maximum atomic E-state index is 3.69. The molecule has 2 nitrogen and oxygen atoms in total. The molecule has 3 heteroatoms. The fourth-order valence-electron chi connectivity index (χ4n) is 2.52. The highest BCUT2D eigenvalue weighted by atomic mass is 79.9. The lowest BCUT2D eigenvalue weighted by molar-refractivity contribution is 0.333. The van der Waals surface area contributed by atoms with Crippen LogP contribution in [0.3, 0.4) is 0 Å². The number of nitrogens with zero attached hydrogens (tertiary/aromatic N) is 1. The van der Waals surface area contributed by atoms with Crippen LogP contribution in [0.25, 0.3) is 0 Å². The van der Waals surface area contributed by atoms with Crippen molar-refractivity contribution >= 4 is 15.9 Å². The van der Waals surface area contributed by atoms with Gasteiger partial charge in [-0.05, 0) is 56.1 Å². The van der Waals surface area contributed by atoms with Crippen LogP contribution in [0.4, 0.5) is 0 Å². The zero-order chi connectivity index (χ0) is 13.0. The molecule has 18 heavy (non-hydrogen) atoms. The number of aryl methyl sites for hydroxylation is 1. The van der Waals surface area contributed by atoms with E-state index >= 15 is 0 Å². The van der Waals surface area contributed by atoms with Crippen LogP contribution in [-0.4, -0.2) is 37.6 Å². The van der Waals surface area contributed by atoms with Gasteiger partial charge in [0.2, 0.25) is 0 Å². The molecule has 1 aromatic rings.